The average Bonchev–Trinajstić information content (AvgIpc) is 3.13. The van der Waals surface area contributed by atoms with Crippen LogP contribution in [0.2, 0.25) is 0 Å². The van der Waals surface area contributed by atoms with Gasteiger partial charge in [0, 0.05) is 19.0 Å². The van der Waals surface area contributed by atoms with Crippen molar-refractivity contribution in [1.29, 1.82) is 0 Å². The Labute approximate surface area is 172 Å². The number of thiophene rings is 1. The molecule has 2 aromatic carbocycles. The molecule has 152 valence electrons. The van der Waals surface area contributed by atoms with Gasteiger partial charge in [0.15, 0.2) is 5.75 Å². The molecule has 0 aliphatic heterocycles. The monoisotopic (exact) mass is 413 g/mol. The van der Waals surface area contributed by atoms with E-state index in [1.54, 1.807) is 37.6 Å². The summed E-state index contributed by atoms with van der Waals surface area (Å²) in [5.41, 5.74) is 0.457. The van der Waals surface area contributed by atoms with Gasteiger partial charge in [-0.3, -0.25) is 14.4 Å². The molecule has 1 heterocycles. The van der Waals surface area contributed by atoms with Gasteiger partial charge in [-0.15, -0.1) is 11.3 Å². The van der Waals surface area contributed by atoms with Crippen molar-refractivity contribution in [3.8, 4) is 5.75 Å². The van der Waals surface area contributed by atoms with Crippen molar-refractivity contribution >= 4 is 34.3 Å². The van der Waals surface area contributed by atoms with E-state index in [0.29, 0.717) is 0 Å². The summed E-state index contributed by atoms with van der Waals surface area (Å²) in [6, 6.07) is 6.58. The van der Waals surface area contributed by atoms with Crippen LogP contribution in [0.25, 0.3) is 0 Å². The van der Waals surface area contributed by atoms with E-state index in [9.17, 15) is 19.5 Å². The maximum Gasteiger partial charge on any atom is 0.257 e. The number of aromatic hydroxyl groups is 1. The molecule has 0 spiro atoms. The number of phenols is 1. The Hall–Kier alpha value is -3.13. The zero-order chi connectivity index (χ0) is 21.3. The molecule has 0 saturated carbocycles. The van der Waals surface area contributed by atoms with Gasteiger partial charge in [-0.25, -0.2) is 0 Å². The first-order valence-corrected chi connectivity index (χ1v) is 10.1. The summed E-state index contributed by atoms with van der Waals surface area (Å²) in [7, 11) is 3.16. The maximum atomic E-state index is 12.2. The van der Waals surface area contributed by atoms with Gasteiger partial charge in [0.1, 0.15) is 11.4 Å². The number of carbonyl (C=O) groups is 1. The van der Waals surface area contributed by atoms with Crippen molar-refractivity contribution < 1.29 is 9.90 Å². The Kier molecular flexibility index (Phi) is 5.74. The van der Waals surface area contributed by atoms with E-state index < -0.39 is 10.9 Å². The van der Waals surface area contributed by atoms with Gasteiger partial charge in [-0.1, -0.05) is 13.0 Å². The normalized spacial score (nSPS) is 12.0. The van der Waals surface area contributed by atoms with E-state index in [1.807, 2.05) is 25.3 Å². The molecule has 0 saturated heterocycles. The Morgan fingerprint density at radius 1 is 1.21 bits per heavy atom. The molecule has 0 unspecified atom stereocenters. The molecule has 0 fully saturated rings. The highest BCUT2D eigenvalue weighted by molar-refractivity contribution is 7.10. The lowest BCUT2D eigenvalue weighted by atomic mass is 10.1. The van der Waals surface area contributed by atoms with Crippen molar-refractivity contribution in [2.75, 3.05) is 24.7 Å². The van der Waals surface area contributed by atoms with Crippen LogP contribution in [0.5, 0.6) is 5.75 Å². The lowest BCUT2D eigenvalue weighted by Gasteiger charge is -2.21. The number of hydrogen-bond donors (Lipinski definition) is 3. The summed E-state index contributed by atoms with van der Waals surface area (Å²) in [5.74, 6) is -0.639. The molecular formula is C21H23N3O4S. The summed E-state index contributed by atoms with van der Waals surface area (Å²) in [6.45, 7) is 4.00. The van der Waals surface area contributed by atoms with Crippen LogP contribution in [0.4, 0.5) is 17.1 Å². The molecule has 8 heteroatoms. The first-order valence-electron chi connectivity index (χ1n) is 9.20. The number of phenolic OH excluding ortho intramolecular Hbond substituents is 1. The van der Waals surface area contributed by atoms with Gasteiger partial charge < -0.3 is 20.6 Å². The lowest BCUT2D eigenvalue weighted by molar-refractivity contribution is 0.0824. The Bertz CT molecular complexity index is 1130. The first-order chi connectivity index (χ1) is 13.7. The molecule has 3 rings (SSSR count). The summed E-state index contributed by atoms with van der Waals surface area (Å²) < 4.78 is 0. The molecule has 1 aromatic heterocycles. The van der Waals surface area contributed by atoms with Crippen LogP contribution >= 0.6 is 11.3 Å². The van der Waals surface area contributed by atoms with E-state index in [1.165, 1.54) is 11.0 Å². The smallest absolute Gasteiger partial charge is 0.257 e. The summed E-state index contributed by atoms with van der Waals surface area (Å²) in [5, 5.41) is 18.5. The fraction of sp³-hybridized carbons (Fsp3) is 0.286. The van der Waals surface area contributed by atoms with Gasteiger partial charge in [0.2, 0.25) is 0 Å². The molecular weight excluding hydrogens is 390 g/mol. The minimum absolute atomic E-state index is 0.0893. The van der Waals surface area contributed by atoms with Crippen molar-refractivity contribution in [2.45, 2.75) is 26.3 Å². The van der Waals surface area contributed by atoms with Crippen LogP contribution in [0.15, 0.2) is 39.2 Å². The summed E-state index contributed by atoms with van der Waals surface area (Å²) >= 11 is 1.59. The van der Waals surface area contributed by atoms with Crippen molar-refractivity contribution in [3.05, 3.63) is 66.1 Å². The second-order valence-electron chi connectivity index (χ2n) is 7.07. The van der Waals surface area contributed by atoms with Gasteiger partial charge in [-0.05, 0) is 42.5 Å². The predicted molar refractivity (Wildman–Crippen MR) is 116 cm³/mol. The Morgan fingerprint density at radius 2 is 1.90 bits per heavy atom. The van der Waals surface area contributed by atoms with Gasteiger partial charge >= 0.3 is 0 Å². The molecule has 3 aromatic rings. The van der Waals surface area contributed by atoms with E-state index in [2.05, 4.69) is 10.6 Å². The molecule has 0 aliphatic carbocycles. The second-order valence-corrected chi connectivity index (χ2v) is 8.01. The molecule has 7 nitrogen and oxygen atoms in total. The van der Waals surface area contributed by atoms with Crippen LogP contribution < -0.4 is 21.5 Å². The topological polar surface area (TPSA) is 98.7 Å². The molecule has 1 amide bonds. The number of hydrogen-bond acceptors (Lipinski definition) is 7. The van der Waals surface area contributed by atoms with E-state index in [0.717, 1.165) is 16.9 Å². The number of amides is 1. The number of anilines is 3. The fourth-order valence-electron chi connectivity index (χ4n) is 3.03. The van der Waals surface area contributed by atoms with Crippen LogP contribution in [0.1, 0.15) is 40.2 Å². The van der Waals surface area contributed by atoms with Crippen molar-refractivity contribution in [1.82, 2.24) is 4.90 Å². The number of nitrogens with one attached hydrogen (secondary N) is 2. The zero-order valence-electron chi connectivity index (χ0n) is 16.7. The highest BCUT2D eigenvalue weighted by atomic mass is 32.1. The average molecular weight is 413 g/mol. The van der Waals surface area contributed by atoms with Crippen LogP contribution in [0, 0.1) is 6.92 Å². The highest BCUT2D eigenvalue weighted by Gasteiger charge is 2.25. The van der Waals surface area contributed by atoms with Crippen molar-refractivity contribution in [3.63, 3.8) is 0 Å². The number of aryl methyl sites for hydroxylation is 1. The van der Waals surface area contributed by atoms with Gasteiger partial charge in [0.25, 0.3) is 16.8 Å². The zero-order valence-corrected chi connectivity index (χ0v) is 17.5. The van der Waals surface area contributed by atoms with Crippen molar-refractivity contribution in [2.24, 2.45) is 0 Å². The summed E-state index contributed by atoms with van der Waals surface area (Å²) in [6.07, 6.45) is 0.732. The maximum absolute atomic E-state index is 12.2. The highest BCUT2D eigenvalue weighted by Crippen LogP contribution is 2.34. The van der Waals surface area contributed by atoms with E-state index in [-0.39, 0.29) is 40.3 Å². The second kappa shape index (κ2) is 8.08. The third kappa shape index (κ3) is 3.88. The first kappa shape index (κ1) is 20.6. The van der Waals surface area contributed by atoms with E-state index in [4.69, 9.17) is 0 Å². The number of para-hydroxylation sites is 1. The molecule has 3 N–H and O–H groups in total. The third-order valence-corrected chi connectivity index (χ3v) is 5.83. The van der Waals surface area contributed by atoms with Gasteiger partial charge in [0.05, 0.1) is 17.3 Å². The van der Waals surface area contributed by atoms with Gasteiger partial charge in [-0.2, -0.15) is 0 Å². The largest absolute Gasteiger partial charge is 0.505 e. The predicted octanol–water partition coefficient (Wildman–Crippen LogP) is 3.37. The molecule has 0 bridgehead atoms. The molecule has 1 atom stereocenters. The molecule has 0 aliphatic rings. The Balaban J connectivity index is 1.90. The van der Waals surface area contributed by atoms with Crippen LogP contribution in [0.3, 0.4) is 0 Å². The van der Waals surface area contributed by atoms with E-state index >= 15 is 0 Å². The quantitative estimate of drug-likeness (QED) is 0.406. The minimum atomic E-state index is -0.659. The Morgan fingerprint density at radius 3 is 2.48 bits per heavy atom. The van der Waals surface area contributed by atoms with Crippen LogP contribution in [-0.4, -0.2) is 30.0 Å². The lowest BCUT2D eigenvalue weighted by Crippen LogP contribution is -2.37. The summed E-state index contributed by atoms with van der Waals surface area (Å²) in [4.78, 5) is 39.0. The number of carbonyl (C=O) groups excluding carboxylic acids is 1. The molecule has 0 radical (unpaired) electrons. The number of nitrogens with zero attached hydrogens (tertiary/aromatic N) is 1. The minimum Gasteiger partial charge on any atom is -0.505 e. The standard InChI is InChI=1S/C21H23N3O4S/c1-5-13(15-9-11(2)10-29-15)22-16-17(20(27)19(16)26)23-14-8-6-7-12(18(14)25)21(28)24(3)4/h6-10,13,22-23,25H,5H2,1-4H3/t13-/m1/s1. The van der Waals surface area contributed by atoms with Crippen LogP contribution in [-0.2, 0) is 0 Å². The number of benzene rings is 1. The number of rotatable bonds is 7. The fourth-order valence-corrected chi connectivity index (χ4v) is 4.06. The SMILES string of the molecule is CC[C@@H](Nc1c(Nc2cccc(C(=O)N(C)C)c2O)c(=O)c1=O)c1cc(C)cs1. The molecule has 29 heavy (non-hydrogen) atoms. The third-order valence-electron chi connectivity index (χ3n) is 4.66.